The van der Waals surface area contributed by atoms with Crippen LogP contribution in [0.1, 0.15) is 0 Å². The molecule has 7 nitrogen and oxygen atoms in total. The number of urea groups is 1. The number of methoxy groups -OCH3 is 1. The zero-order chi connectivity index (χ0) is 14.1. The molecule has 8 heteroatoms. The summed E-state index contributed by atoms with van der Waals surface area (Å²) < 4.78 is 4.76. The Bertz CT molecular complexity index is 424. The van der Waals surface area contributed by atoms with Crippen LogP contribution in [0.5, 0.6) is 0 Å². The van der Waals surface area contributed by atoms with Gasteiger partial charge < -0.3 is 15.8 Å². The number of carbonyl (C=O) groups is 2. The Hall–Kier alpha value is -1.80. The summed E-state index contributed by atoms with van der Waals surface area (Å²) in [6, 6.07) is 2.88. The summed E-state index contributed by atoms with van der Waals surface area (Å²) in [5, 5.41) is 4.70. The Kier molecular flexibility index (Phi) is 6.69. The van der Waals surface area contributed by atoms with Crippen molar-refractivity contribution in [3.05, 3.63) is 18.3 Å². The number of ether oxygens (including phenoxy) is 1. The second-order valence-corrected chi connectivity index (χ2v) is 4.55. The number of rotatable bonds is 6. The highest BCUT2D eigenvalue weighted by Crippen LogP contribution is 2.16. The number of anilines is 1. The summed E-state index contributed by atoms with van der Waals surface area (Å²) >= 11 is 1.27. The summed E-state index contributed by atoms with van der Waals surface area (Å²) in [4.78, 5) is 27.4. The van der Waals surface area contributed by atoms with E-state index in [-0.39, 0.29) is 11.7 Å². The van der Waals surface area contributed by atoms with E-state index in [1.54, 1.807) is 18.3 Å². The molecule has 0 radical (unpaired) electrons. The first-order valence-corrected chi connectivity index (χ1v) is 6.51. The predicted octanol–water partition coefficient (Wildman–Crippen LogP) is 0.228. The highest BCUT2D eigenvalue weighted by Gasteiger charge is 2.07. The fourth-order valence-electron chi connectivity index (χ4n) is 1.10. The molecule has 0 aromatic carbocycles. The molecule has 0 unspecified atom stereocenters. The van der Waals surface area contributed by atoms with Crippen LogP contribution in [0.15, 0.2) is 23.2 Å². The van der Waals surface area contributed by atoms with E-state index in [0.717, 1.165) is 4.90 Å². The van der Waals surface area contributed by atoms with Crippen LogP contribution in [0.4, 0.5) is 10.6 Å². The van der Waals surface area contributed by atoms with Crippen molar-refractivity contribution < 1.29 is 14.3 Å². The first-order valence-electron chi connectivity index (χ1n) is 5.52. The minimum atomic E-state index is -0.530. The number of nitrogens with zero attached hydrogens (tertiary/aromatic N) is 1. The van der Waals surface area contributed by atoms with Gasteiger partial charge in [0.15, 0.2) is 0 Å². The van der Waals surface area contributed by atoms with Gasteiger partial charge in [-0.25, -0.2) is 9.78 Å². The maximum Gasteiger partial charge on any atom is 0.321 e. The van der Waals surface area contributed by atoms with Gasteiger partial charge in [0.05, 0.1) is 12.4 Å². The van der Waals surface area contributed by atoms with Gasteiger partial charge in [0.1, 0.15) is 5.82 Å². The van der Waals surface area contributed by atoms with Crippen molar-refractivity contribution in [2.24, 2.45) is 0 Å². The number of hydrogen-bond acceptors (Lipinski definition) is 6. The Morgan fingerprint density at radius 2 is 2.26 bits per heavy atom. The van der Waals surface area contributed by atoms with Crippen molar-refractivity contribution in [1.82, 2.24) is 15.6 Å². The van der Waals surface area contributed by atoms with Gasteiger partial charge in [-0.15, -0.1) is 11.8 Å². The second-order valence-electron chi connectivity index (χ2n) is 3.50. The van der Waals surface area contributed by atoms with Crippen LogP contribution in [0.3, 0.4) is 0 Å². The number of imide groups is 1. The minimum Gasteiger partial charge on any atom is -0.384 e. The van der Waals surface area contributed by atoms with Crippen LogP contribution in [0, 0.1) is 0 Å². The fourth-order valence-corrected chi connectivity index (χ4v) is 1.76. The third kappa shape index (κ3) is 6.63. The molecule has 104 valence electrons. The molecule has 1 rings (SSSR count). The third-order valence-corrected chi connectivity index (χ3v) is 2.96. The molecular formula is C11H16N4O3S. The molecule has 1 heterocycles. The number of amides is 3. The predicted molar refractivity (Wildman–Crippen MR) is 72.8 cm³/mol. The lowest BCUT2D eigenvalue weighted by Gasteiger charge is -2.06. The third-order valence-electron chi connectivity index (χ3n) is 1.97. The van der Waals surface area contributed by atoms with Crippen molar-refractivity contribution in [2.45, 2.75) is 4.90 Å². The molecule has 0 spiro atoms. The van der Waals surface area contributed by atoms with Crippen molar-refractivity contribution in [3.63, 3.8) is 0 Å². The van der Waals surface area contributed by atoms with E-state index >= 15 is 0 Å². The number of hydrogen-bond donors (Lipinski definition) is 3. The van der Waals surface area contributed by atoms with E-state index in [1.807, 2.05) is 0 Å². The summed E-state index contributed by atoms with van der Waals surface area (Å²) in [6.45, 7) is 0.748. The molecule has 0 fully saturated rings. The molecule has 0 atom stereocenters. The van der Waals surface area contributed by atoms with E-state index < -0.39 is 6.03 Å². The highest BCUT2D eigenvalue weighted by molar-refractivity contribution is 8.00. The summed E-state index contributed by atoms with van der Waals surface area (Å²) in [6.07, 6.45) is 1.58. The Balaban J connectivity index is 2.24. The quantitative estimate of drug-likeness (QED) is 0.510. The first kappa shape index (κ1) is 15.3. The van der Waals surface area contributed by atoms with Crippen LogP contribution in [0.25, 0.3) is 0 Å². The number of thioether (sulfide) groups is 1. The van der Waals surface area contributed by atoms with E-state index in [0.29, 0.717) is 19.0 Å². The summed E-state index contributed by atoms with van der Waals surface area (Å²) in [7, 11) is 1.53. The number of nitrogens with two attached hydrogens (primary N) is 1. The van der Waals surface area contributed by atoms with Crippen molar-refractivity contribution >= 4 is 29.5 Å². The van der Waals surface area contributed by atoms with Gasteiger partial charge in [0.25, 0.3) is 0 Å². The average Bonchev–Trinajstić information content (AvgIpc) is 2.38. The van der Waals surface area contributed by atoms with E-state index in [2.05, 4.69) is 15.6 Å². The molecule has 0 aliphatic carbocycles. The molecule has 0 aliphatic rings. The molecule has 0 bridgehead atoms. The summed E-state index contributed by atoms with van der Waals surface area (Å²) in [5.41, 5.74) is 5.44. The molecule has 3 amide bonds. The van der Waals surface area contributed by atoms with Gasteiger partial charge >= 0.3 is 6.03 Å². The Morgan fingerprint density at radius 3 is 2.89 bits per heavy atom. The topological polar surface area (TPSA) is 106 Å². The van der Waals surface area contributed by atoms with Crippen LogP contribution >= 0.6 is 11.8 Å². The summed E-state index contributed by atoms with van der Waals surface area (Å²) in [5.74, 6) is 0.173. The van der Waals surface area contributed by atoms with Gasteiger partial charge in [-0.3, -0.25) is 10.1 Å². The molecule has 0 saturated carbocycles. The Morgan fingerprint density at radius 1 is 1.47 bits per heavy atom. The molecule has 4 N–H and O–H groups in total. The zero-order valence-electron chi connectivity index (χ0n) is 10.5. The minimum absolute atomic E-state index is 0.128. The van der Waals surface area contributed by atoms with Gasteiger partial charge in [-0.1, -0.05) is 0 Å². The Labute approximate surface area is 115 Å². The van der Waals surface area contributed by atoms with Crippen LogP contribution in [0.2, 0.25) is 0 Å². The van der Waals surface area contributed by atoms with E-state index in [4.69, 9.17) is 10.5 Å². The van der Waals surface area contributed by atoms with Crippen LogP contribution < -0.4 is 16.4 Å². The van der Waals surface area contributed by atoms with Gasteiger partial charge in [0.2, 0.25) is 5.91 Å². The maximum atomic E-state index is 11.5. The molecular weight excluding hydrogens is 268 g/mol. The van der Waals surface area contributed by atoms with Crippen LogP contribution in [-0.2, 0) is 9.53 Å². The molecule has 0 aliphatic heterocycles. The van der Waals surface area contributed by atoms with Gasteiger partial charge in [0, 0.05) is 24.7 Å². The highest BCUT2D eigenvalue weighted by atomic mass is 32.2. The van der Waals surface area contributed by atoms with E-state index in [1.165, 1.54) is 18.9 Å². The monoisotopic (exact) mass is 284 g/mol. The second kappa shape index (κ2) is 8.33. The van der Waals surface area contributed by atoms with Gasteiger partial charge in [-0.2, -0.15) is 0 Å². The lowest BCUT2D eigenvalue weighted by atomic mass is 10.5. The number of nitrogen functional groups attached to an aromatic ring is 1. The van der Waals surface area contributed by atoms with Crippen molar-refractivity contribution in [2.75, 3.05) is 31.7 Å². The van der Waals surface area contributed by atoms with E-state index in [9.17, 15) is 9.59 Å². The fraction of sp³-hybridized carbons (Fsp3) is 0.364. The molecule has 1 aromatic heterocycles. The smallest absolute Gasteiger partial charge is 0.321 e. The van der Waals surface area contributed by atoms with Crippen LogP contribution in [-0.4, -0.2) is 42.9 Å². The number of nitrogens with one attached hydrogen (secondary N) is 2. The average molecular weight is 284 g/mol. The molecule has 19 heavy (non-hydrogen) atoms. The lowest BCUT2D eigenvalue weighted by molar-refractivity contribution is -0.117. The maximum absolute atomic E-state index is 11.5. The number of pyridine rings is 1. The normalized spacial score (nSPS) is 9.95. The molecule has 0 saturated heterocycles. The SMILES string of the molecule is COCCNC(=O)NC(=O)CSc1ccc(N)nc1. The molecule has 1 aromatic rings. The number of aromatic nitrogens is 1. The zero-order valence-corrected chi connectivity index (χ0v) is 11.3. The first-order chi connectivity index (χ1) is 9.11. The standard InChI is InChI=1S/C11H16N4O3S/c1-18-5-4-13-11(17)15-10(16)7-19-8-2-3-9(12)14-6-8/h2-3,6H,4-5,7H2,1H3,(H2,12,14)(H2,13,15,16,17). The lowest BCUT2D eigenvalue weighted by Crippen LogP contribution is -2.41. The van der Waals surface area contributed by atoms with Crippen molar-refractivity contribution in [1.29, 1.82) is 0 Å². The van der Waals surface area contributed by atoms with Crippen molar-refractivity contribution in [3.8, 4) is 0 Å². The van der Waals surface area contributed by atoms with Gasteiger partial charge in [-0.05, 0) is 12.1 Å². The number of carbonyl (C=O) groups excluding carboxylic acids is 2. The largest absolute Gasteiger partial charge is 0.384 e.